The number of allylic oxidation sites excluding steroid dienone is 6. The number of carbonyl (C=O) groups is 12. The summed E-state index contributed by atoms with van der Waals surface area (Å²) in [6.07, 6.45) is 17.1. The zero-order valence-electron chi connectivity index (χ0n) is 70.8. The van der Waals surface area contributed by atoms with Gasteiger partial charge in [-0.15, -0.1) is 35.3 Å². The maximum Gasteiger partial charge on any atom is 0.350 e. The standard InChI is InChI=1S/C26H30ClN9O7S2.C25H28ClN9O7S2.C25H30N10O7S2/c1-26(2,24(41)42)43-34-16(17-19(27)45-25(30)33-17)15(37)8-13-21(38)36-18(23(39)40)12(10-44-22(13)36)4-3-7-35-9-14(31-6-5-28)20(29)32-11-35;1-11(23(38)39)42-33-16(17-19(26)44-25(29)32-17)15(36)7-13-21(37)35-18(24(40)41)12(9-43-22(13)35)3-2-6-34-8-14(30-5-4-27)20(28)31-10-34;1-25(2,23(40)41)42-32-16(19-31-24(28)44-33-19)15(36)8-13-20(37)35-17(22(38)39)12(10-43-21(13)35)4-3-7-34-9-14(29-6-5-26)18(27)30-11-34/h3-4,9,11,13,22,29,31H,5-8,10,28H2,1-2H3,(H4,30,33,39,40,41,42);2-3,8,10-11,13,22,28,30H,4-7,9,27H2,1H3,(H4,29,32,38,39,40,41);3-4,9,11,13,21,27,29H,5-8,10,26H2,1-2H3,(H4,28,31,33,38,39,40,41)/b4-3+,34-16+;3-2+,33-16+;4-3+,32-16+/t13-,22?;11-,13+,22?;13-,21?/m101/s1. The van der Waals surface area contributed by atoms with Crippen molar-refractivity contribution >= 4 is 231 Å². The maximum absolute atomic E-state index is 13.4. The molecule has 12 heterocycles. The number of nitrogens with one attached hydrogen (secondary N) is 3. The number of Topliss-reactive ketones (excluding diaryl/α,β-unsaturated/α-hetero) is 3. The predicted octanol–water partition coefficient (Wildman–Crippen LogP) is -3.60. The Morgan fingerprint density at radius 2 is 0.850 bits per heavy atom. The molecule has 3 saturated heterocycles. The van der Waals surface area contributed by atoms with E-state index in [2.05, 4.69) is 65.7 Å². The molecule has 708 valence electrons. The number of thiazole rings is 2. The number of fused-ring (bicyclic) bond motifs is 3. The Kier molecular flexibility index (Phi) is 34.4. The lowest BCUT2D eigenvalue weighted by Gasteiger charge is -2.50. The number of thioether (sulfide) groups is 3. The highest BCUT2D eigenvalue weighted by Gasteiger charge is 2.56. The summed E-state index contributed by atoms with van der Waals surface area (Å²) in [6.45, 7) is 9.82. The molecule has 0 aliphatic carbocycles. The Morgan fingerprint density at radius 1 is 0.526 bits per heavy atom. The summed E-state index contributed by atoms with van der Waals surface area (Å²) in [4.78, 5) is 193. The third kappa shape index (κ3) is 24.6. The van der Waals surface area contributed by atoms with Crippen molar-refractivity contribution in [3.05, 3.63) is 134 Å². The van der Waals surface area contributed by atoms with Crippen LogP contribution in [0, 0.1) is 17.8 Å². The van der Waals surface area contributed by atoms with E-state index >= 15 is 0 Å². The molecule has 24 N–H and O–H groups in total. The molecule has 6 aromatic heterocycles. The van der Waals surface area contributed by atoms with Crippen LogP contribution in [0.5, 0.6) is 0 Å². The van der Waals surface area contributed by atoms with Gasteiger partial charge in [-0.1, -0.05) is 79.6 Å². The van der Waals surface area contributed by atoms with E-state index in [-0.39, 0.29) is 82.1 Å². The largest absolute Gasteiger partial charge is 0.543 e. The molecule has 12 rings (SSSR count). The monoisotopic (exact) mass is 1990 g/mol. The summed E-state index contributed by atoms with van der Waals surface area (Å²) in [5.41, 5.74) is 48.2. The fraction of sp³-hybridized carbons (Fsp3) is 0.382. The van der Waals surface area contributed by atoms with Gasteiger partial charge in [0.15, 0.2) is 49.9 Å². The molecule has 0 spiro atoms. The number of ketones is 3. The number of amides is 3. The van der Waals surface area contributed by atoms with Gasteiger partial charge in [-0.05, 0) is 84.5 Å². The number of anilines is 9. The first kappa shape index (κ1) is 102. The van der Waals surface area contributed by atoms with Crippen LogP contribution in [-0.4, -0.2) is 242 Å². The lowest BCUT2D eigenvalue weighted by atomic mass is 9.89. The van der Waals surface area contributed by atoms with E-state index in [4.69, 9.17) is 94.4 Å². The van der Waals surface area contributed by atoms with E-state index in [9.17, 15) is 83.1 Å². The minimum absolute atomic E-state index is 0.0134. The van der Waals surface area contributed by atoms with Crippen LogP contribution in [0.2, 0.25) is 8.67 Å². The second-order valence-electron chi connectivity index (χ2n) is 29.9. The number of hydrogen-bond donors (Lipinski definition) is 15. The minimum atomic E-state index is -1.80. The number of aromatic nitrogens is 10. The molecule has 0 bridgehead atoms. The average molecular weight is 1990 g/mol. The summed E-state index contributed by atoms with van der Waals surface area (Å²) in [7, 11) is 0. The second kappa shape index (κ2) is 44.9. The molecule has 0 saturated carbocycles. The van der Waals surface area contributed by atoms with Gasteiger partial charge in [0, 0.05) is 87.3 Å². The number of carboxylic acid groups (broad SMARTS) is 6. The van der Waals surface area contributed by atoms with Crippen LogP contribution >= 0.6 is 92.7 Å². The van der Waals surface area contributed by atoms with Crippen molar-refractivity contribution < 1.29 is 116 Å². The highest BCUT2D eigenvalue weighted by molar-refractivity contribution is 8.00. The van der Waals surface area contributed by atoms with Gasteiger partial charge < -0.3 is 127 Å². The zero-order chi connectivity index (χ0) is 97.4. The van der Waals surface area contributed by atoms with Crippen molar-refractivity contribution in [2.75, 3.05) is 107 Å². The van der Waals surface area contributed by atoms with E-state index in [1.54, 1.807) is 68.7 Å². The molecule has 3 unspecified atom stereocenters. The normalized spacial score (nSPS) is 18.7. The summed E-state index contributed by atoms with van der Waals surface area (Å²) in [6, 6.07) is 0. The summed E-state index contributed by atoms with van der Waals surface area (Å²) < 4.78 is 9.17. The Bertz CT molecular complexity index is 5880. The van der Waals surface area contributed by atoms with Crippen molar-refractivity contribution in [2.45, 2.75) is 107 Å². The van der Waals surface area contributed by atoms with Crippen molar-refractivity contribution in [1.82, 2.24) is 49.0 Å². The van der Waals surface area contributed by atoms with Gasteiger partial charge in [-0.3, -0.25) is 43.5 Å². The number of carboxylic acids is 6. The van der Waals surface area contributed by atoms with Gasteiger partial charge in [0.25, 0.3) is 36.4 Å². The molecular formula is C76H88Cl2N28O21S6. The third-order valence-corrected chi connectivity index (χ3v) is 26.4. The maximum atomic E-state index is 13.4. The third-order valence-electron chi connectivity index (χ3n) is 19.7. The molecule has 3 fully saturated rings. The summed E-state index contributed by atoms with van der Waals surface area (Å²) in [5, 5.41) is 82.7. The Labute approximate surface area is 788 Å². The number of oxime groups is 3. The van der Waals surface area contributed by atoms with Crippen LogP contribution in [0.3, 0.4) is 0 Å². The Hall–Kier alpha value is -13.1. The van der Waals surface area contributed by atoms with Gasteiger partial charge in [0.1, 0.15) is 75.3 Å². The van der Waals surface area contributed by atoms with Crippen LogP contribution in [0.1, 0.15) is 71.1 Å². The molecule has 0 aromatic carbocycles. The lowest BCUT2D eigenvalue weighted by molar-refractivity contribution is -0.689. The summed E-state index contributed by atoms with van der Waals surface area (Å²) in [5.74, 6) is -13.8. The first-order valence-electron chi connectivity index (χ1n) is 39.4. The number of aliphatic carboxylic acids is 6. The molecule has 6 aromatic rings. The molecule has 6 aliphatic heterocycles. The van der Waals surface area contributed by atoms with E-state index in [0.717, 1.165) is 48.9 Å². The van der Waals surface area contributed by atoms with E-state index in [0.29, 0.717) is 110 Å². The van der Waals surface area contributed by atoms with E-state index in [1.165, 1.54) is 88.9 Å². The lowest BCUT2D eigenvalue weighted by Crippen LogP contribution is -2.63. The number of carbonyl (C=O) groups excluding carboxylic acids is 9. The average Bonchev–Trinajstić information content (AvgIpc) is 0.762. The van der Waals surface area contributed by atoms with E-state index < -0.39 is 152 Å². The molecule has 57 heteroatoms. The first-order valence-corrected chi connectivity index (χ1v) is 45.7. The smallest absolute Gasteiger partial charge is 0.350 e. The highest BCUT2D eigenvalue weighted by atomic mass is 35.5. The molecule has 3 amide bonds. The molecule has 0 radical (unpaired) electrons. The van der Waals surface area contributed by atoms with Crippen LogP contribution in [0.4, 0.5) is 49.9 Å². The summed E-state index contributed by atoms with van der Waals surface area (Å²) >= 11 is 18.7. The van der Waals surface area contributed by atoms with Gasteiger partial charge in [-0.2, -0.15) is 9.36 Å². The zero-order valence-corrected chi connectivity index (χ0v) is 77.2. The molecule has 6 aliphatic rings. The predicted molar refractivity (Wildman–Crippen MR) is 482 cm³/mol. The first-order chi connectivity index (χ1) is 63.0. The van der Waals surface area contributed by atoms with Gasteiger partial charge in [0.2, 0.25) is 40.9 Å². The minimum Gasteiger partial charge on any atom is -0.543 e. The number of rotatable bonds is 42. The SMILES string of the molecule is CC(C)(O/N=C(\C(=O)C[C@@H]1C(=O)N2C(C(=O)[O-])=C(/C=C/C[n+]3cnc(N)c(NCCN)c3)CSC12)c1nc(N)sc1Cl)C(=O)O.CC(C)(O/N=C(\C(=O)C[C@@H]1C(=O)N2C(C(=O)[O-])=C(/C=C/C[n+]3cnc(N)c(NCCN)c3)CSC12)c1nsc(N)n1)C(=O)O.C[C@H](O/N=C(\C(=O)C[C@@H]1C(=O)N2C(C(=O)[O-])=C(/C=C/C[n+]3cnc(N)c(NCCN)c3)CSC12)c1nc(N)sc1Cl)C(=O)O. The molecule has 133 heavy (non-hydrogen) atoms. The van der Waals surface area contributed by atoms with Crippen molar-refractivity contribution in [3.63, 3.8) is 0 Å². The number of hydrogen-bond acceptors (Lipinski definition) is 46. The molecular weight excluding hydrogens is 1900 g/mol. The fourth-order valence-corrected chi connectivity index (χ4v) is 19.2. The number of nitrogens with two attached hydrogens (primary N) is 9. The second-order valence-corrected chi connectivity index (χ2v) is 37.3. The van der Waals surface area contributed by atoms with Crippen LogP contribution in [0.25, 0.3) is 0 Å². The number of β-lactam (4-membered cyclic amide) rings is 3. The van der Waals surface area contributed by atoms with Crippen LogP contribution in [0.15, 0.2) is 123 Å². The highest BCUT2D eigenvalue weighted by Crippen LogP contribution is 2.49. The number of nitrogens with zero attached hydrogens (tertiary/aromatic N) is 16. The quantitative estimate of drug-likeness (QED) is 0.00762. The van der Waals surface area contributed by atoms with Crippen molar-refractivity contribution in [1.29, 1.82) is 0 Å². The van der Waals surface area contributed by atoms with Crippen LogP contribution < -0.4 is 96.6 Å². The van der Waals surface area contributed by atoms with Crippen LogP contribution in [-0.2, 0) is 91.7 Å². The Morgan fingerprint density at radius 3 is 1.14 bits per heavy atom. The Balaban J connectivity index is 0.000000207. The van der Waals surface area contributed by atoms with Gasteiger partial charge in [-0.25, -0.2) is 38.1 Å². The topological polar surface area (TPSA) is 781 Å². The molecule has 49 nitrogen and oxygen atoms in total. The number of halogens is 2. The van der Waals surface area contributed by atoms with Crippen molar-refractivity contribution in [2.24, 2.45) is 50.4 Å². The van der Waals surface area contributed by atoms with Gasteiger partial charge in [0.05, 0.1) is 68.9 Å². The van der Waals surface area contributed by atoms with E-state index in [1.807, 2.05) is 0 Å². The fourth-order valence-electron chi connectivity index (χ4n) is 12.8. The van der Waals surface area contributed by atoms with Crippen molar-refractivity contribution in [3.8, 4) is 0 Å². The number of nitrogen functional groups attached to an aromatic ring is 6. The van der Waals surface area contributed by atoms with Gasteiger partial charge >= 0.3 is 17.9 Å². The molecule has 7 atom stereocenters.